The lowest BCUT2D eigenvalue weighted by atomic mass is 10.1. The van der Waals surface area contributed by atoms with Gasteiger partial charge in [0, 0.05) is 12.0 Å². The van der Waals surface area contributed by atoms with Crippen molar-refractivity contribution >= 4 is 0 Å². The Morgan fingerprint density at radius 3 is 3.18 bits per heavy atom. The van der Waals surface area contributed by atoms with Crippen LogP contribution in [-0.2, 0) is 0 Å². The van der Waals surface area contributed by atoms with Crippen molar-refractivity contribution in [3.05, 3.63) is 36.0 Å². The van der Waals surface area contributed by atoms with Crippen LogP contribution in [0.1, 0.15) is 12.0 Å². The molecule has 0 N–H and O–H groups in total. The number of fused-ring (bicyclic) bond motifs is 1. The maximum Gasteiger partial charge on any atom is 0.165 e. The predicted octanol–water partition coefficient (Wildman–Crippen LogP) is 2.04. The van der Waals surface area contributed by atoms with Gasteiger partial charge in [0.15, 0.2) is 11.6 Å². The molecule has 1 nitrogen and oxygen atoms in total. The van der Waals surface area contributed by atoms with Crippen molar-refractivity contribution in [3.63, 3.8) is 0 Å². The molecule has 2 heteroatoms. The largest absolute Gasteiger partial charge is 0.490 e. The molecule has 0 saturated heterocycles. The Bertz CT molecular complexity index is 270. The van der Waals surface area contributed by atoms with E-state index < -0.39 is 0 Å². The summed E-state index contributed by atoms with van der Waals surface area (Å²) in [6.07, 6.45) is 3.78. The topological polar surface area (TPSA) is 9.23 Å². The third-order valence-corrected chi connectivity index (χ3v) is 1.63. The van der Waals surface area contributed by atoms with Gasteiger partial charge in [0.2, 0.25) is 0 Å². The van der Waals surface area contributed by atoms with E-state index in [9.17, 15) is 4.39 Å². The number of para-hydroxylation sites is 1. The minimum atomic E-state index is -0.297. The molecule has 0 atom stereocenters. The van der Waals surface area contributed by atoms with Gasteiger partial charge in [0.1, 0.15) is 0 Å². The highest BCUT2D eigenvalue weighted by molar-refractivity contribution is 5.41. The van der Waals surface area contributed by atoms with Gasteiger partial charge in [0.25, 0.3) is 0 Å². The molecule has 1 aliphatic rings. The Morgan fingerprint density at radius 1 is 1.45 bits per heavy atom. The second-order valence-corrected chi connectivity index (χ2v) is 2.39. The number of rotatable bonds is 0. The zero-order valence-electron chi connectivity index (χ0n) is 5.93. The zero-order chi connectivity index (χ0) is 7.68. The smallest absolute Gasteiger partial charge is 0.165 e. The summed E-state index contributed by atoms with van der Waals surface area (Å²) in [6, 6.07) is 4.86. The van der Waals surface area contributed by atoms with Crippen LogP contribution in [0.5, 0.6) is 5.75 Å². The lowest BCUT2D eigenvalue weighted by molar-refractivity contribution is 0.290. The third kappa shape index (κ3) is 1.09. The molecular weight excluding hydrogens is 143 g/mol. The standard InChI is InChI=1S/C9H7FO/c10-8-5-1-3-7-4-2-6-11-9(7)8/h1,3,5H,2,6H2. The van der Waals surface area contributed by atoms with Gasteiger partial charge in [-0.25, -0.2) is 4.39 Å². The fraction of sp³-hybridized carbons (Fsp3) is 0.222. The molecule has 0 amide bonds. The van der Waals surface area contributed by atoms with E-state index in [4.69, 9.17) is 4.74 Å². The molecule has 0 aromatic heterocycles. The highest BCUT2D eigenvalue weighted by Crippen LogP contribution is 2.28. The third-order valence-electron chi connectivity index (χ3n) is 1.63. The van der Waals surface area contributed by atoms with Gasteiger partial charge < -0.3 is 4.74 Å². The first-order chi connectivity index (χ1) is 5.38. The van der Waals surface area contributed by atoms with E-state index in [1.807, 2.05) is 0 Å². The molecule has 56 valence electrons. The SMILES string of the molecule is Fc1cccc2c1OCC[C]2. The van der Waals surface area contributed by atoms with E-state index in [-0.39, 0.29) is 5.82 Å². The molecule has 0 bridgehead atoms. The van der Waals surface area contributed by atoms with Gasteiger partial charge in [-0.3, -0.25) is 0 Å². The number of hydrogen-bond donors (Lipinski definition) is 0. The summed E-state index contributed by atoms with van der Waals surface area (Å²) >= 11 is 0. The molecule has 0 unspecified atom stereocenters. The molecule has 0 aliphatic carbocycles. The van der Waals surface area contributed by atoms with Crippen molar-refractivity contribution < 1.29 is 9.13 Å². The lowest BCUT2D eigenvalue weighted by Crippen LogP contribution is -2.07. The fourth-order valence-electron chi connectivity index (χ4n) is 1.13. The van der Waals surface area contributed by atoms with Gasteiger partial charge in [-0.05, 0) is 12.5 Å². The molecule has 1 aliphatic heterocycles. The van der Waals surface area contributed by atoms with E-state index in [0.29, 0.717) is 12.4 Å². The molecule has 11 heavy (non-hydrogen) atoms. The zero-order valence-corrected chi connectivity index (χ0v) is 5.93. The predicted molar refractivity (Wildman–Crippen MR) is 38.9 cm³/mol. The number of halogens is 1. The van der Waals surface area contributed by atoms with Crippen molar-refractivity contribution in [2.45, 2.75) is 6.42 Å². The van der Waals surface area contributed by atoms with Gasteiger partial charge in [-0.2, -0.15) is 0 Å². The Morgan fingerprint density at radius 2 is 2.36 bits per heavy atom. The second-order valence-electron chi connectivity index (χ2n) is 2.39. The summed E-state index contributed by atoms with van der Waals surface area (Å²) in [6.45, 7) is 0.536. The van der Waals surface area contributed by atoms with E-state index in [1.165, 1.54) is 6.07 Å². The van der Waals surface area contributed by atoms with Crippen LogP contribution in [0.15, 0.2) is 18.2 Å². The van der Waals surface area contributed by atoms with Crippen molar-refractivity contribution in [1.29, 1.82) is 0 Å². The Balaban J connectivity index is 2.49. The van der Waals surface area contributed by atoms with Gasteiger partial charge in [0.05, 0.1) is 6.61 Å². The minimum absolute atomic E-state index is 0.297. The summed E-state index contributed by atoms with van der Waals surface area (Å²) in [5, 5.41) is 0. The Labute approximate surface area is 64.8 Å². The summed E-state index contributed by atoms with van der Waals surface area (Å²) in [7, 11) is 0. The van der Waals surface area contributed by atoms with Crippen LogP contribution in [-0.4, -0.2) is 6.61 Å². The summed E-state index contributed by atoms with van der Waals surface area (Å²) in [4.78, 5) is 0. The molecule has 0 spiro atoms. The van der Waals surface area contributed by atoms with Crippen molar-refractivity contribution in [1.82, 2.24) is 0 Å². The molecule has 0 saturated carbocycles. The fourth-order valence-corrected chi connectivity index (χ4v) is 1.13. The first-order valence-corrected chi connectivity index (χ1v) is 3.53. The van der Waals surface area contributed by atoms with Gasteiger partial charge in [-0.15, -0.1) is 0 Å². The van der Waals surface area contributed by atoms with E-state index in [1.54, 1.807) is 12.1 Å². The quantitative estimate of drug-likeness (QED) is 0.550. The highest BCUT2D eigenvalue weighted by atomic mass is 19.1. The molecule has 1 aromatic carbocycles. The first kappa shape index (κ1) is 6.65. The molecule has 1 heterocycles. The minimum Gasteiger partial charge on any atom is -0.490 e. The number of benzene rings is 1. The van der Waals surface area contributed by atoms with Gasteiger partial charge >= 0.3 is 0 Å². The van der Waals surface area contributed by atoms with E-state index >= 15 is 0 Å². The van der Waals surface area contributed by atoms with Gasteiger partial charge in [-0.1, -0.05) is 12.1 Å². The number of ether oxygens (including phenoxy) is 1. The average molecular weight is 150 g/mol. The molecule has 0 fully saturated rings. The Kier molecular flexibility index (Phi) is 1.53. The summed E-state index contributed by atoms with van der Waals surface area (Å²) in [5.74, 6) is 0.0495. The van der Waals surface area contributed by atoms with E-state index in [2.05, 4.69) is 6.42 Å². The highest BCUT2D eigenvalue weighted by Gasteiger charge is 2.13. The van der Waals surface area contributed by atoms with E-state index in [0.717, 1.165) is 12.0 Å². The monoisotopic (exact) mass is 150 g/mol. The van der Waals surface area contributed by atoms with Crippen LogP contribution in [0.4, 0.5) is 4.39 Å². The van der Waals surface area contributed by atoms with Crippen LogP contribution in [0.3, 0.4) is 0 Å². The summed E-state index contributed by atoms with van der Waals surface area (Å²) in [5.41, 5.74) is 0.747. The van der Waals surface area contributed by atoms with Crippen molar-refractivity contribution in [2.75, 3.05) is 6.61 Å². The molecule has 1 aromatic rings. The maximum absolute atomic E-state index is 12.9. The van der Waals surface area contributed by atoms with Crippen LogP contribution >= 0.6 is 0 Å². The van der Waals surface area contributed by atoms with Crippen molar-refractivity contribution in [3.8, 4) is 5.75 Å². The lowest BCUT2D eigenvalue weighted by Gasteiger charge is -2.16. The molecular formula is C9H7FO. The normalized spacial score (nSPS) is 15.4. The summed E-state index contributed by atoms with van der Waals surface area (Å²) < 4.78 is 18.0. The van der Waals surface area contributed by atoms with Crippen LogP contribution in [0.2, 0.25) is 0 Å². The molecule has 2 rings (SSSR count). The number of hydrogen-bond acceptors (Lipinski definition) is 1. The average Bonchev–Trinajstić information content (AvgIpc) is 2.06. The second kappa shape index (κ2) is 2.53. The Hall–Kier alpha value is -1.05. The van der Waals surface area contributed by atoms with Crippen LogP contribution in [0.25, 0.3) is 0 Å². The van der Waals surface area contributed by atoms with Crippen LogP contribution < -0.4 is 4.74 Å². The van der Waals surface area contributed by atoms with Crippen molar-refractivity contribution in [2.24, 2.45) is 0 Å². The molecule has 2 radical (unpaired) electrons. The first-order valence-electron chi connectivity index (χ1n) is 3.53. The maximum atomic E-state index is 12.9. The van der Waals surface area contributed by atoms with Crippen LogP contribution in [0, 0.1) is 12.2 Å².